The van der Waals surface area contributed by atoms with Crippen LogP contribution in [0.2, 0.25) is 0 Å². The maximum absolute atomic E-state index is 12.6. The molecule has 1 aliphatic heterocycles. The molecule has 1 fully saturated rings. The van der Waals surface area contributed by atoms with E-state index in [0.29, 0.717) is 25.3 Å². The van der Waals surface area contributed by atoms with Gasteiger partial charge in [0.2, 0.25) is 10.0 Å². The average Bonchev–Trinajstić information content (AvgIpc) is 2.54. The molecule has 1 aliphatic rings. The Hall–Kier alpha value is -1.48. The number of ether oxygens (including phenoxy) is 1. The molecule has 0 saturated carbocycles. The van der Waals surface area contributed by atoms with Gasteiger partial charge in [-0.2, -0.15) is 4.31 Å². The van der Waals surface area contributed by atoms with E-state index in [1.165, 1.54) is 15.3 Å². The van der Waals surface area contributed by atoms with Crippen molar-refractivity contribution in [2.45, 2.75) is 44.8 Å². The minimum atomic E-state index is -3.54. The van der Waals surface area contributed by atoms with Crippen LogP contribution in [0, 0.1) is 0 Å². The largest absolute Gasteiger partial charge is 0.364 e. The van der Waals surface area contributed by atoms with Gasteiger partial charge in [-0.1, -0.05) is 19.9 Å². The van der Waals surface area contributed by atoms with Gasteiger partial charge in [-0.3, -0.25) is 4.79 Å². The number of carbonyl (C=O) groups is 1. The summed E-state index contributed by atoms with van der Waals surface area (Å²) in [5.74, 6) is -0.126. The van der Waals surface area contributed by atoms with Crippen molar-refractivity contribution < 1.29 is 22.8 Å². The van der Waals surface area contributed by atoms with Crippen molar-refractivity contribution in [1.82, 2.24) is 4.31 Å². The average molecular weight is 385 g/mol. The van der Waals surface area contributed by atoms with Gasteiger partial charge in [0.15, 0.2) is 6.54 Å². The highest BCUT2D eigenvalue weighted by Crippen LogP contribution is 2.19. The van der Waals surface area contributed by atoms with Crippen LogP contribution in [0.1, 0.15) is 27.7 Å². The number of amides is 1. The number of hydrogen-bond donors (Lipinski definition) is 2. The number of nitrogens with one attached hydrogen (secondary N) is 2. The Morgan fingerprint density at radius 3 is 2.42 bits per heavy atom. The lowest BCUT2D eigenvalue weighted by Gasteiger charge is -2.31. The lowest BCUT2D eigenvalue weighted by Crippen LogP contribution is -3.16. The van der Waals surface area contributed by atoms with Gasteiger partial charge >= 0.3 is 0 Å². The number of nitrogens with zero attached hydrogens (tertiary/aromatic N) is 1. The molecule has 8 heteroatoms. The van der Waals surface area contributed by atoms with E-state index in [1.54, 1.807) is 32.0 Å². The van der Waals surface area contributed by atoms with Gasteiger partial charge in [0.05, 0.1) is 4.90 Å². The smallest absolute Gasteiger partial charge is 0.279 e. The molecule has 1 aromatic carbocycles. The molecule has 0 radical (unpaired) electrons. The third kappa shape index (κ3) is 5.26. The number of sulfonamides is 1. The summed E-state index contributed by atoms with van der Waals surface area (Å²) in [6.07, 6.45) is 0.258. The summed E-state index contributed by atoms with van der Waals surface area (Å²) in [6.45, 7) is 10.4. The van der Waals surface area contributed by atoms with Gasteiger partial charge in [-0.15, -0.1) is 0 Å². The second-order valence-corrected chi connectivity index (χ2v) is 8.70. The molecule has 1 amide bonds. The Morgan fingerprint density at radius 2 is 1.85 bits per heavy atom. The fourth-order valence-electron chi connectivity index (χ4n) is 3.41. The SMILES string of the molecule is CCN(CC)S(=O)(=O)c1cccc(NC(=O)C[NH+]2C[C@H](C)O[C@@H](C)C2)c1. The summed E-state index contributed by atoms with van der Waals surface area (Å²) < 4.78 is 32.3. The number of carbonyl (C=O) groups excluding carboxylic acids is 1. The van der Waals surface area contributed by atoms with Gasteiger partial charge in [0.25, 0.3) is 5.91 Å². The zero-order valence-electron chi connectivity index (χ0n) is 16.0. The number of quaternary nitrogens is 1. The van der Waals surface area contributed by atoms with Crippen LogP contribution in [0.4, 0.5) is 5.69 Å². The molecule has 2 rings (SSSR count). The first kappa shape index (κ1) is 20.8. The molecule has 0 aromatic heterocycles. The van der Waals surface area contributed by atoms with Crippen LogP contribution < -0.4 is 10.2 Å². The monoisotopic (exact) mass is 384 g/mol. The van der Waals surface area contributed by atoms with E-state index >= 15 is 0 Å². The summed E-state index contributed by atoms with van der Waals surface area (Å²) in [5.41, 5.74) is 0.497. The van der Waals surface area contributed by atoms with Crippen molar-refractivity contribution in [3.8, 4) is 0 Å². The van der Waals surface area contributed by atoms with Crippen LogP contribution in [0.5, 0.6) is 0 Å². The normalized spacial score (nSPS) is 23.8. The first-order valence-corrected chi connectivity index (χ1v) is 10.6. The highest BCUT2D eigenvalue weighted by molar-refractivity contribution is 7.89. The van der Waals surface area contributed by atoms with Crippen LogP contribution in [-0.4, -0.2) is 63.6 Å². The van der Waals surface area contributed by atoms with Gasteiger partial charge in [-0.25, -0.2) is 8.42 Å². The molecule has 1 heterocycles. The Morgan fingerprint density at radius 1 is 1.23 bits per heavy atom. The second-order valence-electron chi connectivity index (χ2n) is 6.76. The Bertz CT molecular complexity index is 709. The third-order valence-corrected chi connectivity index (χ3v) is 6.53. The van der Waals surface area contributed by atoms with E-state index in [0.717, 1.165) is 13.1 Å². The molecule has 0 bridgehead atoms. The van der Waals surface area contributed by atoms with E-state index in [4.69, 9.17) is 4.74 Å². The summed E-state index contributed by atoms with van der Waals surface area (Å²) in [5, 5.41) is 2.82. The summed E-state index contributed by atoms with van der Waals surface area (Å²) >= 11 is 0. The third-order valence-electron chi connectivity index (χ3n) is 4.49. The molecule has 146 valence electrons. The topological polar surface area (TPSA) is 80.2 Å². The van der Waals surface area contributed by atoms with Gasteiger partial charge in [-0.05, 0) is 32.0 Å². The zero-order chi connectivity index (χ0) is 19.3. The van der Waals surface area contributed by atoms with E-state index in [-0.39, 0.29) is 23.0 Å². The minimum Gasteiger partial charge on any atom is -0.364 e. The minimum absolute atomic E-state index is 0.126. The Kier molecular flexibility index (Phi) is 7.16. The zero-order valence-corrected chi connectivity index (χ0v) is 16.8. The lowest BCUT2D eigenvalue weighted by atomic mass is 10.2. The van der Waals surface area contributed by atoms with Crippen molar-refractivity contribution in [1.29, 1.82) is 0 Å². The van der Waals surface area contributed by atoms with Crippen LogP contribution >= 0.6 is 0 Å². The maximum atomic E-state index is 12.6. The number of benzene rings is 1. The van der Waals surface area contributed by atoms with E-state index in [9.17, 15) is 13.2 Å². The summed E-state index contributed by atoms with van der Waals surface area (Å²) in [6, 6.07) is 6.43. The van der Waals surface area contributed by atoms with E-state index in [1.807, 2.05) is 13.8 Å². The molecular weight excluding hydrogens is 354 g/mol. The fourth-order valence-corrected chi connectivity index (χ4v) is 4.92. The van der Waals surface area contributed by atoms with Crippen LogP contribution in [-0.2, 0) is 19.6 Å². The first-order valence-electron chi connectivity index (χ1n) is 9.15. The first-order chi connectivity index (χ1) is 12.3. The van der Waals surface area contributed by atoms with Crippen molar-refractivity contribution in [2.75, 3.05) is 38.0 Å². The highest BCUT2D eigenvalue weighted by atomic mass is 32.2. The van der Waals surface area contributed by atoms with Crippen molar-refractivity contribution in [3.05, 3.63) is 24.3 Å². The predicted molar refractivity (Wildman–Crippen MR) is 101 cm³/mol. The molecule has 2 N–H and O–H groups in total. The van der Waals surface area contributed by atoms with Crippen LogP contribution in [0.15, 0.2) is 29.2 Å². The number of rotatable bonds is 7. The molecule has 7 nitrogen and oxygen atoms in total. The molecule has 0 unspecified atom stereocenters. The van der Waals surface area contributed by atoms with Gasteiger partial charge < -0.3 is 15.0 Å². The molecule has 26 heavy (non-hydrogen) atoms. The summed E-state index contributed by atoms with van der Waals surface area (Å²) in [7, 11) is -3.54. The predicted octanol–water partition coefficient (Wildman–Crippen LogP) is 0.348. The van der Waals surface area contributed by atoms with E-state index in [2.05, 4.69) is 5.32 Å². The van der Waals surface area contributed by atoms with Crippen LogP contribution in [0.25, 0.3) is 0 Å². The molecule has 1 aromatic rings. The molecule has 0 aliphatic carbocycles. The fraction of sp³-hybridized carbons (Fsp3) is 0.611. The van der Waals surface area contributed by atoms with Crippen molar-refractivity contribution >= 4 is 21.6 Å². The van der Waals surface area contributed by atoms with Crippen molar-refractivity contribution in [3.63, 3.8) is 0 Å². The highest BCUT2D eigenvalue weighted by Gasteiger charge is 2.27. The quantitative estimate of drug-likeness (QED) is 0.711. The molecule has 0 spiro atoms. The second kappa shape index (κ2) is 8.94. The summed E-state index contributed by atoms with van der Waals surface area (Å²) in [4.78, 5) is 13.7. The lowest BCUT2D eigenvalue weighted by molar-refractivity contribution is -0.907. The Labute approximate surface area is 156 Å². The van der Waals surface area contributed by atoms with Crippen molar-refractivity contribution in [2.24, 2.45) is 0 Å². The maximum Gasteiger partial charge on any atom is 0.279 e. The number of hydrogen-bond acceptors (Lipinski definition) is 4. The molecular formula is C18H30N3O4S+. The van der Waals surface area contributed by atoms with Crippen LogP contribution in [0.3, 0.4) is 0 Å². The molecule has 1 saturated heterocycles. The van der Waals surface area contributed by atoms with E-state index < -0.39 is 10.0 Å². The standard InChI is InChI=1S/C18H29N3O4S/c1-5-21(6-2)26(23,24)17-9-7-8-16(10-17)19-18(22)13-20-11-14(3)25-15(4)12-20/h7-10,14-15H,5-6,11-13H2,1-4H3,(H,19,22)/p+1/t14-,15-/m0/s1. The molecule has 2 atom stereocenters. The van der Waals surface area contributed by atoms with Gasteiger partial charge in [0.1, 0.15) is 25.3 Å². The Balaban J connectivity index is 2.05. The van der Waals surface area contributed by atoms with Gasteiger partial charge in [0, 0.05) is 18.8 Å². The number of anilines is 1. The number of morpholine rings is 1.